The molecule has 0 unspecified atom stereocenters. The van der Waals surface area contributed by atoms with Crippen LogP contribution in [0, 0.1) is 13.8 Å². The summed E-state index contributed by atoms with van der Waals surface area (Å²) in [5.41, 5.74) is 4.45. The molecule has 2 rings (SSSR count). The van der Waals surface area contributed by atoms with Crippen molar-refractivity contribution >= 4 is 29.6 Å². The Morgan fingerprint density at radius 3 is 2.37 bits per heavy atom. The monoisotopic (exact) mass is 290 g/mol. The van der Waals surface area contributed by atoms with E-state index in [9.17, 15) is 4.79 Å². The van der Waals surface area contributed by atoms with Gasteiger partial charge >= 0.3 is 0 Å². The average molecular weight is 291 g/mol. The van der Waals surface area contributed by atoms with Gasteiger partial charge in [-0.05, 0) is 31.5 Å². The van der Waals surface area contributed by atoms with Crippen molar-refractivity contribution in [3.63, 3.8) is 0 Å². The Morgan fingerprint density at radius 1 is 1.11 bits per heavy atom. The molecule has 0 aliphatic heterocycles. The zero-order chi connectivity index (χ0) is 13.8. The molecule has 0 N–H and O–H groups in total. The van der Waals surface area contributed by atoms with Crippen molar-refractivity contribution in [2.24, 2.45) is 0 Å². The molecule has 98 valence electrons. The van der Waals surface area contributed by atoms with E-state index in [1.54, 1.807) is 23.9 Å². The minimum absolute atomic E-state index is 0.612. The standard InChI is InChI=1S/C16H15ClOS/c1-11-5-12(2)7-14(6-11)10-19-16-4-3-13(9-18)8-15(16)17/h3-9H,10H2,1-2H3. The molecule has 0 spiro atoms. The van der Waals surface area contributed by atoms with Gasteiger partial charge < -0.3 is 0 Å². The molecule has 0 aromatic heterocycles. The molecule has 0 aliphatic carbocycles. The molecular formula is C16H15ClOS. The van der Waals surface area contributed by atoms with Crippen molar-refractivity contribution in [3.8, 4) is 0 Å². The number of aldehydes is 1. The molecule has 0 aliphatic rings. The summed E-state index contributed by atoms with van der Waals surface area (Å²) in [6, 6.07) is 11.9. The normalized spacial score (nSPS) is 10.5. The first kappa shape index (κ1) is 14.2. The zero-order valence-corrected chi connectivity index (χ0v) is 12.5. The van der Waals surface area contributed by atoms with Gasteiger partial charge in [0, 0.05) is 16.2 Å². The van der Waals surface area contributed by atoms with Gasteiger partial charge in [0.05, 0.1) is 5.02 Å². The van der Waals surface area contributed by atoms with Gasteiger partial charge in [-0.15, -0.1) is 11.8 Å². The molecular weight excluding hydrogens is 276 g/mol. The van der Waals surface area contributed by atoms with Crippen LogP contribution in [0.1, 0.15) is 27.0 Å². The molecule has 0 saturated carbocycles. The molecule has 0 atom stereocenters. The molecule has 2 aromatic carbocycles. The zero-order valence-electron chi connectivity index (χ0n) is 10.9. The number of benzene rings is 2. The van der Waals surface area contributed by atoms with Crippen LogP contribution in [0.3, 0.4) is 0 Å². The molecule has 3 heteroatoms. The third kappa shape index (κ3) is 3.85. The lowest BCUT2D eigenvalue weighted by Gasteiger charge is -2.07. The molecule has 1 nitrogen and oxygen atoms in total. The molecule has 19 heavy (non-hydrogen) atoms. The molecule has 0 radical (unpaired) electrons. The first-order valence-electron chi connectivity index (χ1n) is 6.03. The number of carbonyl (C=O) groups is 1. The maximum atomic E-state index is 10.7. The summed E-state index contributed by atoms with van der Waals surface area (Å²) in [6.07, 6.45) is 0.810. The van der Waals surface area contributed by atoms with Crippen molar-refractivity contribution in [2.75, 3.05) is 0 Å². The number of hydrogen-bond acceptors (Lipinski definition) is 2. The highest BCUT2D eigenvalue weighted by molar-refractivity contribution is 7.98. The van der Waals surface area contributed by atoms with Crippen LogP contribution in [-0.4, -0.2) is 6.29 Å². The third-order valence-corrected chi connectivity index (χ3v) is 4.34. The van der Waals surface area contributed by atoms with Gasteiger partial charge in [-0.25, -0.2) is 0 Å². The predicted molar refractivity (Wildman–Crippen MR) is 82.3 cm³/mol. The quantitative estimate of drug-likeness (QED) is 0.578. The fourth-order valence-electron chi connectivity index (χ4n) is 2.02. The van der Waals surface area contributed by atoms with Gasteiger partial charge in [-0.2, -0.15) is 0 Å². The third-order valence-electron chi connectivity index (χ3n) is 2.77. The summed E-state index contributed by atoms with van der Waals surface area (Å²) in [4.78, 5) is 11.7. The fraction of sp³-hybridized carbons (Fsp3) is 0.188. The first-order valence-corrected chi connectivity index (χ1v) is 7.39. The van der Waals surface area contributed by atoms with Crippen molar-refractivity contribution in [1.82, 2.24) is 0 Å². The number of hydrogen-bond donors (Lipinski definition) is 0. The maximum Gasteiger partial charge on any atom is 0.150 e. The number of halogens is 1. The lowest BCUT2D eigenvalue weighted by molar-refractivity contribution is 0.112. The van der Waals surface area contributed by atoms with Crippen molar-refractivity contribution in [2.45, 2.75) is 24.5 Å². The van der Waals surface area contributed by atoms with Crippen LogP contribution in [0.4, 0.5) is 0 Å². The predicted octanol–water partition coefficient (Wildman–Crippen LogP) is 5.06. The number of aryl methyl sites for hydroxylation is 2. The van der Waals surface area contributed by atoms with Crippen LogP contribution in [0.2, 0.25) is 5.02 Å². The second-order valence-corrected chi connectivity index (χ2v) is 6.02. The molecule has 0 heterocycles. The van der Waals surface area contributed by atoms with Crippen LogP contribution in [0.15, 0.2) is 41.3 Å². The Hall–Kier alpha value is -1.25. The highest BCUT2D eigenvalue weighted by Gasteiger charge is 2.04. The van der Waals surface area contributed by atoms with Crippen LogP contribution in [0.5, 0.6) is 0 Å². The van der Waals surface area contributed by atoms with E-state index >= 15 is 0 Å². The van der Waals surface area contributed by atoms with Gasteiger partial charge in [0.25, 0.3) is 0 Å². The fourth-order valence-corrected chi connectivity index (χ4v) is 3.22. The van der Waals surface area contributed by atoms with Gasteiger partial charge in [-0.3, -0.25) is 4.79 Å². The maximum absolute atomic E-state index is 10.7. The van der Waals surface area contributed by atoms with Crippen LogP contribution in [0.25, 0.3) is 0 Å². The van der Waals surface area contributed by atoms with Crippen LogP contribution >= 0.6 is 23.4 Å². The lowest BCUT2D eigenvalue weighted by Crippen LogP contribution is -1.86. The second-order valence-electron chi connectivity index (χ2n) is 4.59. The second kappa shape index (κ2) is 6.27. The highest BCUT2D eigenvalue weighted by Crippen LogP contribution is 2.30. The van der Waals surface area contributed by atoms with E-state index < -0.39 is 0 Å². The van der Waals surface area contributed by atoms with Gasteiger partial charge in [0.1, 0.15) is 6.29 Å². The Bertz CT molecular complexity index is 587. The SMILES string of the molecule is Cc1cc(C)cc(CSc2ccc(C=O)cc2Cl)c1. The van der Waals surface area contributed by atoms with E-state index in [0.717, 1.165) is 16.9 Å². The molecule has 0 bridgehead atoms. The molecule has 0 amide bonds. The van der Waals surface area contributed by atoms with E-state index in [0.29, 0.717) is 10.6 Å². The molecule has 0 fully saturated rings. The topological polar surface area (TPSA) is 17.1 Å². The smallest absolute Gasteiger partial charge is 0.150 e. The van der Waals surface area contributed by atoms with E-state index in [-0.39, 0.29) is 0 Å². The van der Waals surface area contributed by atoms with Crippen LogP contribution < -0.4 is 0 Å². The largest absolute Gasteiger partial charge is 0.298 e. The summed E-state index contributed by atoms with van der Waals surface area (Å²) >= 11 is 7.85. The number of thioether (sulfide) groups is 1. The lowest BCUT2D eigenvalue weighted by atomic mass is 10.1. The van der Waals surface area contributed by atoms with Gasteiger partial charge in [0.2, 0.25) is 0 Å². The molecule has 0 saturated heterocycles. The summed E-state index contributed by atoms with van der Waals surface area (Å²) < 4.78 is 0. The Labute approximate surface area is 123 Å². The van der Waals surface area contributed by atoms with E-state index in [4.69, 9.17) is 11.6 Å². The summed E-state index contributed by atoms with van der Waals surface area (Å²) in [5.74, 6) is 0.878. The molecule has 2 aromatic rings. The Morgan fingerprint density at radius 2 is 1.79 bits per heavy atom. The summed E-state index contributed by atoms with van der Waals surface area (Å²) in [5, 5.41) is 0.638. The first-order chi connectivity index (χ1) is 9.08. The van der Waals surface area contributed by atoms with Crippen molar-refractivity contribution in [1.29, 1.82) is 0 Å². The number of carbonyl (C=O) groups excluding carboxylic acids is 1. The van der Waals surface area contributed by atoms with Gasteiger partial charge in [-0.1, -0.05) is 47.0 Å². The highest BCUT2D eigenvalue weighted by atomic mass is 35.5. The number of rotatable bonds is 4. The summed E-state index contributed by atoms with van der Waals surface area (Å²) in [6.45, 7) is 4.21. The van der Waals surface area contributed by atoms with E-state index in [1.807, 2.05) is 6.07 Å². The average Bonchev–Trinajstić information content (AvgIpc) is 2.36. The van der Waals surface area contributed by atoms with Crippen LogP contribution in [-0.2, 0) is 5.75 Å². The van der Waals surface area contributed by atoms with E-state index in [1.165, 1.54) is 16.7 Å². The minimum Gasteiger partial charge on any atom is -0.298 e. The van der Waals surface area contributed by atoms with Gasteiger partial charge in [0.15, 0.2) is 0 Å². The van der Waals surface area contributed by atoms with E-state index in [2.05, 4.69) is 32.0 Å². The van der Waals surface area contributed by atoms with Crippen molar-refractivity contribution in [3.05, 3.63) is 63.7 Å². The summed E-state index contributed by atoms with van der Waals surface area (Å²) in [7, 11) is 0. The Kier molecular flexibility index (Phi) is 4.67. The Balaban J connectivity index is 2.12. The van der Waals surface area contributed by atoms with Crippen molar-refractivity contribution < 1.29 is 4.79 Å². The minimum atomic E-state index is 0.612.